The zero-order valence-electron chi connectivity index (χ0n) is 7.63. The molecule has 0 aliphatic rings. The Morgan fingerprint density at radius 2 is 2.27 bits per heavy atom. The summed E-state index contributed by atoms with van der Waals surface area (Å²) >= 11 is 5.54. The van der Waals surface area contributed by atoms with Crippen LogP contribution in [0.15, 0.2) is 6.20 Å². The van der Waals surface area contributed by atoms with E-state index in [9.17, 15) is 13.6 Å². The summed E-state index contributed by atoms with van der Waals surface area (Å²) in [6.45, 7) is 0. The lowest BCUT2D eigenvalue weighted by molar-refractivity contribution is 0.0581. The molecule has 0 amide bonds. The van der Waals surface area contributed by atoms with E-state index in [0.717, 1.165) is 13.3 Å². The van der Waals surface area contributed by atoms with Crippen LogP contribution in [-0.2, 0) is 4.74 Å². The summed E-state index contributed by atoms with van der Waals surface area (Å²) in [4.78, 5) is 14.6. The molecule has 2 N–H and O–H groups in total. The maximum absolute atomic E-state index is 12.6. The Morgan fingerprint density at radius 3 is 2.73 bits per heavy atom. The maximum Gasteiger partial charge on any atom is 0.357 e. The number of aromatic nitrogens is 1. The first-order valence-electron chi connectivity index (χ1n) is 3.79. The van der Waals surface area contributed by atoms with Crippen molar-refractivity contribution in [2.45, 2.75) is 6.43 Å². The van der Waals surface area contributed by atoms with Gasteiger partial charge in [-0.2, -0.15) is 0 Å². The Kier molecular flexibility index (Phi) is 3.41. The van der Waals surface area contributed by atoms with Gasteiger partial charge in [0.15, 0.2) is 5.69 Å². The lowest BCUT2D eigenvalue weighted by atomic mass is 10.2. The van der Waals surface area contributed by atoms with Crippen molar-refractivity contribution in [3.63, 3.8) is 0 Å². The molecule has 1 aromatic heterocycles. The number of hydrogen-bond acceptors (Lipinski definition) is 4. The van der Waals surface area contributed by atoms with Gasteiger partial charge >= 0.3 is 5.97 Å². The van der Waals surface area contributed by atoms with Crippen LogP contribution in [0.1, 0.15) is 22.5 Å². The second-order valence-electron chi connectivity index (χ2n) is 2.58. The lowest BCUT2D eigenvalue weighted by Gasteiger charge is -2.09. The monoisotopic (exact) mass is 236 g/mol. The van der Waals surface area contributed by atoms with Gasteiger partial charge in [-0.15, -0.1) is 0 Å². The minimum Gasteiger partial charge on any atom is -0.464 e. The number of nitrogen functional groups attached to an aromatic ring is 1. The number of alkyl halides is 2. The molecule has 4 nitrogen and oxygen atoms in total. The van der Waals surface area contributed by atoms with Gasteiger partial charge in [0.25, 0.3) is 6.43 Å². The van der Waals surface area contributed by atoms with E-state index < -0.39 is 23.7 Å². The van der Waals surface area contributed by atoms with Crippen molar-refractivity contribution in [1.29, 1.82) is 0 Å². The van der Waals surface area contributed by atoms with Crippen LogP contribution in [0.25, 0.3) is 0 Å². The van der Waals surface area contributed by atoms with Gasteiger partial charge in [-0.1, -0.05) is 11.6 Å². The van der Waals surface area contributed by atoms with Crippen molar-refractivity contribution in [3.05, 3.63) is 22.5 Å². The molecule has 0 spiro atoms. The maximum atomic E-state index is 12.6. The fourth-order valence-corrected chi connectivity index (χ4v) is 1.20. The van der Waals surface area contributed by atoms with E-state index in [-0.39, 0.29) is 10.7 Å². The number of ether oxygens (including phenoxy) is 1. The number of pyridine rings is 1. The predicted octanol–water partition coefficient (Wildman–Crippen LogP) is 2.04. The quantitative estimate of drug-likeness (QED) is 0.798. The molecule has 0 unspecified atom stereocenters. The van der Waals surface area contributed by atoms with Gasteiger partial charge in [-0.25, -0.2) is 18.6 Å². The average Bonchev–Trinajstić information content (AvgIpc) is 2.20. The number of nitrogens with zero attached hydrogens (tertiary/aromatic N) is 1. The van der Waals surface area contributed by atoms with E-state index >= 15 is 0 Å². The third-order valence-electron chi connectivity index (χ3n) is 1.67. The van der Waals surface area contributed by atoms with E-state index in [1.54, 1.807) is 0 Å². The van der Waals surface area contributed by atoms with Crippen LogP contribution in [-0.4, -0.2) is 18.1 Å². The SMILES string of the molecule is COC(=O)c1ncc(N)c(Cl)c1C(F)F. The summed E-state index contributed by atoms with van der Waals surface area (Å²) in [5.41, 5.74) is 3.95. The Labute approximate surface area is 89.0 Å². The first-order valence-corrected chi connectivity index (χ1v) is 4.17. The molecule has 0 saturated heterocycles. The number of nitrogens with two attached hydrogens (primary N) is 1. The number of esters is 1. The molecule has 0 saturated carbocycles. The average molecular weight is 237 g/mol. The van der Waals surface area contributed by atoms with E-state index in [2.05, 4.69) is 9.72 Å². The van der Waals surface area contributed by atoms with E-state index in [4.69, 9.17) is 17.3 Å². The molecule has 0 aliphatic carbocycles. The summed E-state index contributed by atoms with van der Waals surface area (Å²) in [6, 6.07) is 0. The van der Waals surface area contributed by atoms with Gasteiger partial charge < -0.3 is 10.5 Å². The second kappa shape index (κ2) is 4.39. The molecule has 0 radical (unpaired) electrons. The van der Waals surface area contributed by atoms with Gasteiger partial charge in [-0.05, 0) is 0 Å². The molecular weight excluding hydrogens is 230 g/mol. The van der Waals surface area contributed by atoms with Crippen molar-refractivity contribution >= 4 is 23.3 Å². The molecule has 0 bridgehead atoms. The van der Waals surface area contributed by atoms with Crippen LogP contribution in [0.3, 0.4) is 0 Å². The van der Waals surface area contributed by atoms with Gasteiger partial charge in [0.2, 0.25) is 0 Å². The first kappa shape index (κ1) is 11.6. The number of methoxy groups -OCH3 is 1. The molecule has 1 aromatic rings. The highest BCUT2D eigenvalue weighted by atomic mass is 35.5. The molecular formula is C8H7ClF2N2O2. The molecule has 1 heterocycles. The van der Waals surface area contributed by atoms with Crippen molar-refractivity contribution in [2.24, 2.45) is 0 Å². The molecule has 82 valence electrons. The van der Waals surface area contributed by atoms with Gasteiger partial charge in [0.05, 0.1) is 29.6 Å². The highest BCUT2D eigenvalue weighted by Crippen LogP contribution is 2.33. The largest absolute Gasteiger partial charge is 0.464 e. The van der Waals surface area contributed by atoms with Crippen LogP contribution >= 0.6 is 11.6 Å². The third kappa shape index (κ3) is 2.15. The molecule has 0 fully saturated rings. The van der Waals surface area contributed by atoms with Crippen LogP contribution in [0.4, 0.5) is 14.5 Å². The lowest BCUT2D eigenvalue weighted by Crippen LogP contribution is -2.10. The highest BCUT2D eigenvalue weighted by Gasteiger charge is 2.25. The smallest absolute Gasteiger partial charge is 0.357 e. The summed E-state index contributed by atoms with van der Waals surface area (Å²) < 4.78 is 29.4. The molecule has 1 rings (SSSR count). The van der Waals surface area contributed by atoms with Crippen molar-refractivity contribution in [2.75, 3.05) is 12.8 Å². The second-order valence-corrected chi connectivity index (χ2v) is 2.96. The van der Waals surface area contributed by atoms with Crippen molar-refractivity contribution < 1.29 is 18.3 Å². The Morgan fingerprint density at radius 1 is 1.67 bits per heavy atom. The van der Waals surface area contributed by atoms with Crippen LogP contribution in [0.5, 0.6) is 0 Å². The summed E-state index contributed by atoms with van der Waals surface area (Å²) in [5.74, 6) is -0.979. The summed E-state index contributed by atoms with van der Waals surface area (Å²) in [6.07, 6.45) is -1.91. The Hall–Kier alpha value is -1.43. The Bertz CT molecular complexity index is 398. The zero-order valence-corrected chi connectivity index (χ0v) is 8.39. The fourth-order valence-electron chi connectivity index (χ4n) is 0.978. The first-order chi connectivity index (χ1) is 6.99. The zero-order chi connectivity index (χ0) is 11.6. The minimum absolute atomic E-state index is 0.111. The van der Waals surface area contributed by atoms with Gasteiger partial charge in [0, 0.05) is 0 Å². The predicted molar refractivity (Wildman–Crippen MR) is 50.0 cm³/mol. The van der Waals surface area contributed by atoms with E-state index in [1.807, 2.05) is 0 Å². The minimum atomic E-state index is -2.94. The number of anilines is 1. The molecule has 0 aliphatic heterocycles. The fraction of sp³-hybridized carbons (Fsp3) is 0.250. The Balaban J connectivity index is 3.40. The van der Waals surface area contributed by atoms with Crippen LogP contribution in [0.2, 0.25) is 5.02 Å². The van der Waals surface area contributed by atoms with Crippen molar-refractivity contribution in [3.8, 4) is 0 Å². The molecule has 15 heavy (non-hydrogen) atoms. The summed E-state index contributed by atoms with van der Waals surface area (Å²) in [7, 11) is 1.06. The normalized spacial score (nSPS) is 10.5. The molecule has 0 aromatic carbocycles. The van der Waals surface area contributed by atoms with E-state index in [0.29, 0.717) is 0 Å². The van der Waals surface area contributed by atoms with Gasteiger partial charge in [0.1, 0.15) is 0 Å². The molecule has 0 atom stereocenters. The third-order valence-corrected chi connectivity index (χ3v) is 2.10. The standard InChI is InChI=1S/C8H7ClF2N2O2/c1-15-8(14)6-4(7(10)11)5(9)3(12)2-13-6/h2,7H,12H2,1H3. The number of carbonyl (C=O) groups excluding carboxylic acids is 1. The van der Waals surface area contributed by atoms with Crippen LogP contribution < -0.4 is 5.73 Å². The topological polar surface area (TPSA) is 65.2 Å². The number of carbonyl (C=O) groups is 1. The number of hydrogen-bond donors (Lipinski definition) is 1. The number of rotatable bonds is 2. The number of halogens is 3. The van der Waals surface area contributed by atoms with Crippen LogP contribution in [0, 0.1) is 0 Å². The summed E-state index contributed by atoms with van der Waals surface area (Å²) in [5, 5.41) is -0.375. The highest BCUT2D eigenvalue weighted by molar-refractivity contribution is 6.34. The van der Waals surface area contributed by atoms with Gasteiger partial charge in [-0.3, -0.25) is 0 Å². The van der Waals surface area contributed by atoms with Crippen molar-refractivity contribution in [1.82, 2.24) is 4.98 Å². The van der Waals surface area contributed by atoms with E-state index in [1.165, 1.54) is 0 Å². The molecule has 7 heteroatoms.